The number of carbonyl (C=O) groups is 1. The second-order valence-corrected chi connectivity index (χ2v) is 6.41. The van der Waals surface area contributed by atoms with E-state index in [0.717, 1.165) is 16.9 Å². The summed E-state index contributed by atoms with van der Waals surface area (Å²) in [4.78, 5) is 14.1. The van der Waals surface area contributed by atoms with Crippen molar-refractivity contribution in [1.82, 2.24) is 4.90 Å². The van der Waals surface area contributed by atoms with Crippen LogP contribution in [0.2, 0.25) is 0 Å². The van der Waals surface area contributed by atoms with Gasteiger partial charge in [-0.05, 0) is 56.5 Å². The predicted octanol–water partition coefficient (Wildman–Crippen LogP) is 2.73. The Labute approximate surface area is 123 Å². The number of benzene rings is 1. The molecule has 3 aliphatic rings. The van der Waals surface area contributed by atoms with Gasteiger partial charge in [-0.15, -0.1) is 0 Å². The van der Waals surface area contributed by atoms with Crippen LogP contribution in [0.25, 0.3) is 11.0 Å². The number of hydrogen-bond donors (Lipinski definition) is 1. The minimum atomic E-state index is -0.423. The van der Waals surface area contributed by atoms with Crippen LogP contribution >= 0.6 is 0 Å². The SMILES string of the molecule is C[C@H]1[C@@H](c2ccc3occ(C(N)=O)c3c2)C2CCN1CC2. The summed E-state index contributed by atoms with van der Waals surface area (Å²) in [5.41, 5.74) is 7.97. The second kappa shape index (κ2) is 4.60. The Morgan fingerprint density at radius 2 is 2.10 bits per heavy atom. The average Bonchev–Trinajstić information content (AvgIpc) is 2.91. The molecule has 4 nitrogen and oxygen atoms in total. The summed E-state index contributed by atoms with van der Waals surface area (Å²) < 4.78 is 5.43. The number of carbonyl (C=O) groups excluding carboxylic acids is 1. The van der Waals surface area contributed by atoms with E-state index in [1.54, 1.807) is 0 Å². The predicted molar refractivity (Wildman–Crippen MR) is 81.2 cm³/mol. The van der Waals surface area contributed by atoms with Crippen LogP contribution in [0.4, 0.5) is 0 Å². The summed E-state index contributed by atoms with van der Waals surface area (Å²) in [5.74, 6) is 0.881. The summed E-state index contributed by atoms with van der Waals surface area (Å²) >= 11 is 0. The van der Waals surface area contributed by atoms with E-state index in [1.165, 1.54) is 37.8 Å². The van der Waals surface area contributed by atoms with E-state index in [0.29, 0.717) is 17.5 Å². The molecule has 2 aromatic rings. The minimum Gasteiger partial charge on any atom is -0.463 e. The first kappa shape index (κ1) is 12.9. The van der Waals surface area contributed by atoms with E-state index in [-0.39, 0.29) is 0 Å². The Balaban J connectivity index is 1.79. The molecule has 0 spiro atoms. The van der Waals surface area contributed by atoms with Crippen molar-refractivity contribution in [2.24, 2.45) is 11.7 Å². The molecule has 4 heterocycles. The van der Waals surface area contributed by atoms with E-state index < -0.39 is 5.91 Å². The number of fused-ring (bicyclic) bond motifs is 4. The third-order valence-corrected chi connectivity index (χ3v) is 5.43. The standard InChI is InChI=1S/C17H20N2O2/c1-10-16(11-4-6-19(10)7-5-11)12-2-3-15-13(8-12)14(9-21-15)17(18)20/h2-3,8-11,16H,4-7H2,1H3,(H2,18,20)/t10-,16+/m0/s1. The Hall–Kier alpha value is -1.81. The topological polar surface area (TPSA) is 59.5 Å². The lowest BCUT2D eigenvalue weighted by Gasteiger charge is -2.50. The summed E-state index contributed by atoms with van der Waals surface area (Å²) in [6.45, 7) is 4.77. The van der Waals surface area contributed by atoms with Crippen molar-refractivity contribution in [3.8, 4) is 0 Å². The normalized spacial score (nSPS) is 31.7. The third kappa shape index (κ3) is 1.89. The summed E-state index contributed by atoms with van der Waals surface area (Å²) in [7, 11) is 0. The monoisotopic (exact) mass is 284 g/mol. The third-order valence-electron chi connectivity index (χ3n) is 5.43. The zero-order chi connectivity index (χ0) is 14.6. The molecule has 5 rings (SSSR count). The van der Waals surface area contributed by atoms with Gasteiger partial charge in [-0.1, -0.05) is 6.07 Å². The fourth-order valence-electron chi connectivity index (χ4n) is 4.30. The molecule has 21 heavy (non-hydrogen) atoms. The minimum absolute atomic E-state index is 0.423. The molecule has 3 aliphatic heterocycles. The van der Waals surface area contributed by atoms with Crippen LogP contribution in [0.15, 0.2) is 28.9 Å². The summed E-state index contributed by atoms with van der Waals surface area (Å²) in [6.07, 6.45) is 4.03. The van der Waals surface area contributed by atoms with Crippen molar-refractivity contribution in [2.45, 2.75) is 31.7 Å². The highest BCUT2D eigenvalue weighted by Crippen LogP contribution is 2.44. The van der Waals surface area contributed by atoms with E-state index in [4.69, 9.17) is 10.2 Å². The zero-order valence-electron chi connectivity index (χ0n) is 12.2. The number of primary amides is 1. The van der Waals surface area contributed by atoms with Gasteiger partial charge >= 0.3 is 0 Å². The van der Waals surface area contributed by atoms with Gasteiger partial charge in [0.25, 0.3) is 5.91 Å². The van der Waals surface area contributed by atoms with Gasteiger partial charge in [-0.25, -0.2) is 0 Å². The van der Waals surface area contributed by atoms with Gasteiger partial charge in [-0.2, -0.15) is 0 Å². The molecular weight excluding hydrogens is 264 g/mol. The van der Waals surface area contributed by atoms with Gasteiger partial charge in [0.05, 0.1) is 5.56 Å². The number of rotatable bonds is 2. The van der Waals surface area contributed by atoms with Crippen LogP contribution in [0.1, 0.15) is 41.6 Å². The first-order valence-electron chi connectivity index (χ1n) is 7.70. The highest BCUT2D eigenvalue weighted by atomic mass is 16.3. The number of amides is 1. The molecule has 3 fully saturated rings. The quantitative estimate of drug-likeness (QED) is 0.922. The average molecular weight is 284 g/mol. The Morgan fingerprint density at radius 1 is 1.33 bits per heavy atom. The summed E-state index contributed by atoms with van der Waals surface area (Å²) in [5, 5.41) is 0.851. The maximum absolute atomic E-state index is 11.5. The van der Waals surface area contributed by atoms with Crippen molar-refractivity contribution < 1.29 is 9.21 Å². The van der Waals surface area contributed by atoms with Gasteiger partial charge < -0.3 is 15.1 Å². The molecule has 2 N–H and O–H groups in total. The van der Waals surface area contributed by atoms with Gasteiger partial charge in [-0.3, -0.25) is 4.79 Å². The Bertz CT molecular complexity index is 696. The molecule has 2 bridgehead atoms. The lowest BCUT2D eigenvalue weighted by molar-refractivity contribution is 0.0350. The highest BCUT2D eigenvalue weighted by molar-refractivity contribution is 6.05. The lowest BCUT2D eigenvalue weighted by Crippen LogP contribution is -2.52. The molecule has 110 valence electrons. The van der Waals surface area contributed by atoms with Gasteiger partial charge in [0.1, 0.15) is 11.8 Å². The van der Waals surface area contributed by atoms with Crippen LogP contribution in [0.3, 0.4) is 0 Å². The molecule has 1 aromatic carbocycles. The molecule has 4 heteroatoms. The maximum Gasteiger partial charge on any atom is 0.252 e. The second-order valence-electron chi connectivity index (χ2n) is 6.41. The Kier molecular flexibility index (Phi) is 2.82. The molecule has 0 aliphatic carbocycles. The number of nitrogens with zero attached hydrogens (tertiary/aromatic N) is 1. The highest BCUT2D eigenvalue weighted by Gasteiger charge is 2.40. The molecule has 0 radical (unpaired) electrons. The van der Waals surface area contributed by atoms with Crippen molar-refractivity contribution in [3.05, 3.63) is 35.6 Å². The van der Waals surface area contributed by atoms with Crippen molar-refractivity contribution >= 4 is 16.9 Å². The number of furan rings is 1. The van der Waals surface area contributed by atoms with Gasteiger partial charge in [0.2, 0.25) is 0 Å². The van der Waals surface area contributed by atoms with Crippen LogP contribution in [0, 0.1) is 5.92 Å². The number of nitrogens with two attached hydrogens (primary N) is 1. The smallest absolute Gasteiger partial charge is 0.252 e. The zero-order valence-corrected chi connectivity index (χ0v) is 12.2. The molecule has 0 saturated carbocycles. The Morgan fingerprint density at radius 3 is 2.76 bits per heavy atom. The van der Waals surface area contributed by atoms with Gasteiger partial charge in [0, 0.05) is 17.3 Å². The van der Waals surface area contributed by atoms with Gasteiger partial charge in [0.15, 0.2) is 0 Å². The van der Waals surface area contributed by atoms with Crippen molar-refractivity contribution in [1.29, 1.82) is 0 Å². The van der Waals surface area contributed by atoms with E-state index >= 15 is 0 Å². The number of piperidine rings is 3. The first-order valence-corrected chi connectivity index (χ1v) is 7.70. The molecule has 1 amide bonds. The molecule has 1 aromatic heterocycles. The van der Waals surface area contributed by atoms with E-state index in [9.17, 15) is 4.79 Å². The molecule has 3 saturated heterocycles. The molecule has 2 atom stereocenters. The van der Waals surface area contributed by atoms with E-state index in [2.05, 4.69) is 24.0 Å². The van der Waals surface area contributed by atoms with Crippen molar-refractivity contribution in [3.63, 3.8) is 0 Å². The maximum atomic E-state index is 11.5. The number of hydrogen-bond acceptors (Lipinski definition) is 3. The fraction of sp³-hybridized carbons (Fsp3) is 0.471. The van der Waals surface area contributed by atoms with E-state index in [1.807, 2.05) is 6.07 Å². The lowest BCUT2D eigenvalue weighted by atomic mass is 9.71. The largest absolute Gasteiger partial charge is 0.463 e. The molecular formula is C17H20N2O2. The van der Waals surface area contributed by atoms with Crippen LogP contribution in [-0.4, -0.2) is 29.9 Å². The summed E-state index contributed by atoms with van der Waals surface area (Å²) in [6, 6.07) is 6.81. The van der Waals surface area contributed by atoms with Crippen LogP contribution < -0.4 is 5.73 Å². The molecule has 0 unspecified atom stereocenters. The fourth-order valence-corrected chi connectivity index (χ4v) is 4.30. The van der Waals surface area contributed by atoms with Crippen LogP contribution in [0.5, 0.6) is 0 Å². The van der Waals surface area contributed by atoms with Crippen LogP contribution in [-0.2, 0) is 0 Å². The first-order chi connectivity index (χ1) is 10.1. The van der Waals surface area contributed by atoms with Crippen molar-refractivity contribution in [2.75, 3.05) is 13.1 Å².